The van der Waals surface area contributed by atoms with Crippen LogP contribution in [-0.4, -0.2) is 80.2 Å². The average Bonchev–Trinajstić information content (AvgIpc) is 3.68. The summed E-state index contributed by atoms with van der Waals surface area (Å²) in [6.07, 6.45) is 4.52. The highest BCUT2D eigenvalue weighted by Crippen LogP contribution is 2.33. The highest BCUT2D eigenvalue weighted by molar-refractivity contribution is 7.18. The van der Waals surface area contributed by atoms with E-state index in [9.17, 15) is 9.90 Å². The molecule has 1 aliphatic carbocycles. The van der Waals surface area contributed by atoms with Gasteiger partial charge in [-0.2, -0.15) is 0 Å². The smallest absolute Gasteiger partial charge is 0.410 e. The SMILES string of the molecule is CC(C)(C)OC(=O)N1CCN(c2cc(Nc3ncc(-c4nnc(-c5ccccc5)o4)s3)nc(NC3CCC(O)CC3)c2)CC1. The first-order chi connectivity index (χ1) is 21.2. The van der Waals surface area contributed by atoms with Crippen LogP contribution in [0.25, 0.3) is 22.2 Å². The lowest BCUT2D eigenvalue weighted by Crippen LogP contribution is -2.50. The predicted molar refractivity (Wildman–Crippen MR) is 170 cm³/mol. The first-order valence-electron chi connectivity index (χ1n) is 15.0. The third kappa shape index (κ3) is 7.45. The number of ether oxygens (including phenoxy) is 1. The molecule has 1 aromatic carbocycles. The molecule has 3 N–H and O–H groups in total. The molecule has 2 aliphatic rings. The number of aliphatic hydroxyl groups excluding tert-OH is 1. The van der Waals surface area contributed by atoms with E-state index < -0.39 is 5.60 Å². The first-order valence-corrected chi connectivity index (χ1v) is 15.8. The molecule has 0 spiro atoms. The Morgan fingerprint density at radius 2 is 1.70 bits per heavy atom. The number of nitrogens with one attached hydrogen (secondary N) is 2. The zero-order valence-corrected chi connectivity index (χ0v) is 26.0. The fourth-order valence-corrected chi connectivity index (χ4v) is 6.04. The van der Waals surface area contributed by atoms with Gasteiger partial charge in [0, 0.05) is 55.6 Å². The fourth-order valence-electron chi connectivity index (χ4n) is 5.30. The molecule has 232 valence electrons. The van der Waals surface area contributed by atoms with Gasteiger partial charge < -0.3 is 34.7 Å². The van der Waals surface area contributed by atoms with Crippen LogP contribution in [0.1, 0.15) is 46.5 Å². The number of aromatic nitrogens is 4. The van der Waals surface area contributed by atoms with E-state index in [-0.39, 0.29) is 18.2 Å². The molecule has 12 nitrogen and oxygen atoms in total. The highest BCUT2D eigenvalue weighted by atomic mass is 32.1. The molecule has 1 aliphatic heterocycles. The molecule has 0 unspecified atom stereocenters. The van der Waals surface area contributed by atoms with Crippen LogP contribution in [0.15, 0.2) is 53.1 Å². The molecule has 3 aromatic heterocycles. The van der Waals surface area contributed by atoms with Crippen molar-refractivity contribution in [1.82, 2.24) is 25.1 Å². The zero-order valence-electron chi connectivity index (χ0n) is 25.2. The number of thiazole rings is 1. The zero-order chi connectivity index (χ0) is 30.7. The number of carbonyl (C=O) groups excluding carboxylic acids is 1. The second-order valence-electron chi connectivity index (χ2n) is 12.1. The Labute approximate surface area is 260 Å². The molecule has 4 heterocycles. The van der Waals surface area contributed by atoms with Crippen molar-refractivity contribution in [2.24, 2.45) is 0 Å². The van der Waals surface area contributed by atoms with Crippen molar-refractivity contribution in [1.29, 1.82) is 0 Å². The summed E-state index contributed by atoms with van der Waals surface area (Å²) in [6.45, 7) is 8.10. The number of rotatable bonds is 7. The van der Waals surface area contributed by atoms with E-state index in [1.54, 1.807) is 11.1 Å². The van der Waals surface area contributed by atoms with Crippen molar-refractivity contribution in [2.75, 3.05) is 41.7 Å². The molecule has 0 bridgehead atoms. The maximum Gasteiger partial charge on any atom is 0.410 e. The first kappa shape index (κ1) is 29.8. The summed E-state index contributed by atoms with van der Waals surface area (Å²) < 4.78 is 11.5. The Balaban J connectivity index is 1.18. The number of amides is 1. The third-order valence-corrected chi connectivity index (χ3v) is 8.45. The number of benzene rings is 1. The molecule has 4 aromatic rings. The van der Waals surface area contributed by atoms with Gasteiger partial charge >= 0.3 is 6.09 Å². The van der Waals surface area contributed by atoms with Crippen LogP contribution in [0.5, 0.6) is 0 Å². The van der Waals surface area contributed by atoms with Gasteiger partial charge in [-0.3, -0.25) is 0 Å². The summed E-state index contributed by atoms with van der Waals surface area (Å²) >= 11 is 1.40. The van der Waals surface area contributed by atoms with Gasteiger partial charge in [0.15, 0.2) is 5.13 Å². The molecular weight excluding hydrogens is 580 g/mol. The Morgan fingerprint density at radius 3 is 2.43 bits per heavy atom. The lowest BCUT2D eigenvalue weighted by atomic mass is 9.93. The van der Waals surface area contributed by atoms with Crippen LogP contribution in [0.3, 0.4) is 0 Å². The number of anilines is 4. The van der Waals surface area contributed by atoms with Gasteiger partial charge in [0.2, 0.25) is 5.89 Å². The van der Waals surface area contributed by atoms with Crippen LogP contribution < -0.4 is 15.5 Å². The number of carbonyl (C=O) groups is 1. The maximum atomic E-state index is 12.6. The van der Waals surface area contributed by atoms with Crippen LogP contribution in [-0.2, 0) is 4.74 Å². The van der Waals surface area contributed by atoms with Gasteiger partial charge in [-0.25, -0.2) is 14.8 Å². The summed E-state index contributed by atoms with van der Waals surface area (Å²) in [4.78, 5) is 26.8. The number of hydrogen-bond donors (Lipinski definition) is 3. The number of pyridine rings is 1. The van der Waals surface area contributed by atoms with E-state index in [2.05, 4.69) is 36.8 Å². The minimum Gasteiger partial charge on any atom is -0.444 e. The minimum atomic E-state index is -0.529. The van der Waals surface area contributed by atoms with Gasteiger partial charge in [-0.05, 0) is 58.6 Å². The van der Waals surface area contributed by atoms with Gasteiger partial charge in [0.1, 0.15) is 22.1 Å². The van der Waals surface area contributed by atoms with E-state index in [1.807, 2.05) is 57.2 Å². The number of nitrogens with zero attached hydrogens (tertiary/aromatic N) is 6. The van der Waals surface area contributed by atoms with Gasteiger partial charge in [0.25, 0.3) is 5.89 Å². The van der Waals surface area contributed by atoms with Gasteiger partial charge in [0.05, 0.1) is 12.3 Å². The maximum absolute atomic E-state index is 12.6. The van der Waals surface area contributed by atoms with Gasteiger partial charge in [-0.15, -0.1) is 10.2 Å². The summed E-state index contributed by atoms with van der Waals surface area (Å²) in [5.41, 5.74) is 1.32. The van der Waals surface area contributed by atoms with Crippen molar-refractivity contribution < 1.29 is 19.1 Å². The Bertz CT molecular complexity index is 1550. The molecule has 6 rings (SSSR count). The highest BCUT2D eigenvalue weighted by Gasteiger charge is 2.27. The average molecular weight is 619 g/mol. The molecule has 0 atom stereocenters. The third-order valence-electron chi connectivity index (χ3n) is 7.55. The molecular formula is C31H38N8O4S. The lowest BCUT2D eigenvalue weighted by Gasteiger charge is -2.37. The molecule has 13 heteroatoms. The van der Waals surface area contributed by atoms with Crippen molar-refractivity contribution >= 4 is 39.9 Å². The van der Waals surface area contributed by atoms with E-state index in [1.165, 1.54) is 11.3 Å². The van der Waals surface area contributed by atoms with Gasteiger partial charge in [-0.1, -0.05) is 29.5 Å². The summed E-state index contributed by atoms with van der Waals surface area (Å²) in [5, 5.41) is 26.0. The molecule has 0 radical (unpaired) electrons. The second-order valence-corrected chi connectivity index (χ2v) is 13.2. The topological polar surface area (TPSA) is 142 Å². The van der Waals surface area contributed by atoms with Crippen molar-refractivity contribution in [3.8, 4) is 22.2 Å². The molecule has 44 heavy (non-hydrogen) atoms. The normalized spacial score (nSPS) is 19.1. The molecule has 2 fully saturated rings. The van der Waals surface area contributed by atoms with Crippen LogP contribution in [0.4, 0.5) is 27.2 Å². The van der Waals surface area contributed by atoms with Crippen LogP contribution in [0, 0.1) is 0 Å². The van der Waals surface area contributed by atoms with Crippen LogP contribution in [0.2, 0.25) is 0 Å². The van der Waals surface area contributed by atoms with E-state index in [4.69, 9.17) is 14.1 Å². The van der Waals surface area contributed by atoms with Crippen molar-refractivity contribution in [2.45, 2.75) is 64.2 Å². The van der Waals surface area contributed by atoms with Crippen LogP contribution >= 0.6 is 11.3 Å². The molecule has 1 saturated heterocycles. The number of piperazine rings is 1. The second kappa shape index (κ2) is 12.8. The quantitative estimate of drug-likeness (QED) is 0.232. The Hall–Kier alpha value is -4.23. The molecule has 1 amide bonds. The fraction of sp³-hybridized carbons (Fsp3) is 0.452. The van der Waals surface area contributed by atoms with Crippen molar-refractivity contribution in [3.63, 3.8) is 0 Å². The Morgan fingerprint density at radius 1 is 1.00 bits per heavy atom. The van der Waals surface area contributed by atoms with E-state index in [0.717, 1.165) is 47.6 Å². The largest absolute Gasteiger partial charge is 0.444 e. The number of hydrogen-bond acceptors (Lipinski definition) is 12. The standard InChI is InChI=1S/C31H38N8O4S/c1-31(2,3)43-30(41)39-15-13-38(14-16-39)22-17-25(33-21-9-11-23(40)12-10-21)34-26(18-22)35-29-32-19-24(44-29)28-37-36-27(42-28)20-7-5-4-6-8-20/h4-8,17-19,21,23,40H,9-16H2,1-3H3,(H2,32,33,34,35). The van der Waals surface area contributed by atoms with E-state index in [0.29, 0.717) is 48.9 Å². The minimum absolute atomic E-state index is 0.229. The summed E-state index contributed by atoms with van der Waals surface area (Å²) in [5.74, 6) is 2.25. The predicted octanol–water partition coefficient (Wildman–Crippen LogP) is 5.77. The summed E-state index contributed by atoms with van der Waals surface area (Å²) in [6, 6.07) is 13.9. The lowest BCUT2D eigenvalue weighted by molar-refractivity contribution is 0.0240. The number of aliphatic hydroxyl groups is 1. The Kier molecular flexibility index (Phi) is 8.67. The van der Waals surface area contributed by atoms with Crippen molar-refractivity contribution in [3.05, 3.63) is 48.7 Å². The van der Waals surface area contributed by atoms with E-state index >= 15 is 0 Å². The summed E-state index contributed by atoms with van der Waals surface area (Å²) in [7, 11) is 0. The molecule has 1 saturated carbocycles. The monoisotopic (exact) mass is 618 g/mol.